The van der Waals surface area contributed by atoms with Gasteiger partial charge >= 0.3 is 5.97 Å². The Kier molecular flexibility index (Phi) is 4.71. The van der Waals surface area contributed by atoms with Crippen LogP contribution in [0, 0.1) is 23.7 Å². The first-order valence-electron chi connectivity index (χ1n) is 9.14. The van der Waals surface area contributed by atoms with Crippen molar-refractivity contribution in [2.24, 2.45) is 23.7 Å². The predicted molar refractivity (Wildman–Crippen MR) is 100 cm³/mol. The first kappa shape index (κ1) is 18.7. The van der Waals surface area contributed by atoms with Crippen molar-refractivity contribution < 1.29 is 23.9 Å². The Hall–Kier alpha value is -2.67. The third kappa shape index (κ3) is 3.20. The number of rotatable bonds is 5. The van der Waals surface area contributed by atoms with Crippen LogP contribution in [-0.4, -0.2) is 41.2 Å². The summed E-state index contributed by atoms with van der Waals surface area (Å²) in [4.78, 5) is 50.5. The number of allylic oxidation sites excluding steroid dienone is 2. The molecule has 2 aliphatic carbocycles. The zero-order chi connectivity index (χ0) is 20.0. The molecule has 1 saturated carbocycles. The van der Waals surface area contributed by atoms with Gasteiger partial charge < -0.3 is 10.1 Å². The number of carbonyl (C=O) groups excluding carboxylic acids is 4. The van der Waals surface area contributed by atoms with E-state index in [4.69, 9.17) is 16.3 Å². The average Bonchev–Trinajstić information content (AvgIpc) is 3.33. The van der Waals surface area contributed by atoms with E-state index >= 15 is 0 Å². The molecule has 1 aliphatic heterocycles. The topological polar surface area (TPSA) is 92.8 Å². The highest BCUT2D eigenvalue weighted by Crippen LogP contribution is 2.52. The summed E-state index contributed by atoms with van der Waals surface area (Å²) in [6.45, 7) is 0.957. The fourth-order valence-electron chi connectivity index (χ4n) is 4.31. The van der Waals surface area contributed by atoms with E-state index in [9.17, 15) is 19.2 Å². The van der Waals surface area contributed by atoms with Crippen LogP contribution < -0.4 is 5.32 Å². The molecular formula is C20H19ClN2O5. The van der Waals surface area contributed by atoms with Crippen LogP contribution in [0.4, 0.5) is 5.69 Å². The molecule has 5 atom stereocenters. The smallest absolute Gasteiger partial charge is 0.326 e. The molecule has 1 N–H and O–H groups in total. The SMILES string of the molecule is CC(OC(=O)CN1C(=O)C2C3C=CC(C3)C2C1=O)C(=O)Nc1ccc(Cl)cc1. The highest BCUT2D eigenvalue weighted by atomic mass is 35.5. The molecule has 1 saturated heterocycles. The third-order valence-electron chi connectivity index (χ3n) is 5.64. The van der Waals surface area contributed by atoms with Crippen LogP contribution in [0.15, 0.2) is 36.4 Å². The lowest BCUT2D eigenvalue weighted by Crippen LogP contribution is -2.40. The third-order valence-corrected chi connectivity index (χ3v) is 5.89. The molecule has 1 aromatic carbocycles. The molecule has 1 aromatic rings. The maximum atomic E-state index is 12.6. The van der Waals surface area contributed by atoms with E-state index in [-0.39, 0.29) is 35.5 Å². The van der Waals surface area contributed by atoms with Crippen molar-refractivity contribution in [2.45, 2.75) is 19.4 Å². The summed E-state index contributed by atoms with van der Waals surface area (Å²) in [6.07, 6.45) is 3.73. The Bertz CT molecular complexity index is 851. The van der Waals surface area contributed by atoms with Gasteiger partial charge in [0.2, 0.25) is 11.8 Å². The number of carbonyl (C=O) groups is 4. The molecule has 5 unspecified atom stereocenters. The van der Waals surface area contributed by atoms with E-state index < -0.39 is 24.5 Å². The van der Waals surface area contributed by atoms with Gasteiger partial charge in [0.1, 0.15) is 6.54 Å². The maximum absolute atomic E-state index is 12.6. The van der Waals surface area contributed by atoms with Gasteiger partial charge in [-0.15, -0.1) is 0 Å². The number of hydrogen-bond donors (Lipinski definition) is 1. The van der Waals surface area contributed by atoms with Crippen LogP contribution in [0.25, 0.3) is 0 Å². The van der Waals surface area contributed by atoms with E-state index in [1.807, 2.05) is 12.2 Å². The molecule has 0 aromatic heterocycles. The largest absolute Gasteiger partial charge is 0.451 e. The van der Waals surface area contributed by atoms with E-state index in [1.54, 1.807) is 24.3 Å². The van der Waals surface area contributed by atoms with Crippen molar-refractivity contribution in [3.8, 4) is 0 Å². The quantitative estimate of drug-likeness (QED) is 0.462. The zero-order valence-corrected chi connectivity index (χ0v) is 15.9. The first-order chi connectivity index (χ1) is 13.3. The number of esters is 1. The molecule has 4 rings (SSSR count). The number of likely N-dealkylation sites (tertiary alicyclic amines) is 1. The number of ether oxygens (including phenoxy) is 1. The lowest BCUT2D eigenvalue weighted by molar-refractivity contribution is -0.158. The van der Waals surface area contributed by atoms with Crippen molar-refractivity contribution in [1.29, 1.82) is 0 Å². The number of nitrogens with one attached hydrogen (secondary N) is 1. The fraction of sp³-hybridized carbons (Fsp3) is 0.400. The highest BCUT2D eigenvalue weighted by Gasteiger charge is 2.59. The number of anilines is 1. The van der Waals surface area contributed by atoms with Gasteiger partial charge in [-0.05, 0) is 49.4 Å². The number of nitrogens with zero attached hydrogens (tertiary/aromatic N) is 1. The molecule has 7 nitrogen and oxygen atoms in total. The van der Waals surface area contributed by atoms with Crippen molar-refractivity contribution in [3.05, 3.63) is 41.4 Å². The molecule has 0 radical (unpaired) electrons. The second-order valence-corrected chi connectivity index (χ2v) is 7.83. The molecule has 1 heterocycles. The van der Waals surface area contributed by atoms with Crippen molar-refractivity contribution in [1.82, 2.24) is 4.90 Å². The van der Waals surface area contributed by atoms with Crippen LogP contribution in [0.2, 0.25) is 5.02 Å². The van der Waals surface area contributed by atoms with E-state index in [2.05, 4.69) is 5.32 Å². The standard InChI is InChI=1S/C20H19ClN2O5/c1-10(18(25)22-14-6-4-13(21)5-7-14)28-15(24)9-23-19(26)16-11-2-3-12(8-11)17(16)20(23)27/h2-7,10-12,16-17H,8-9H2,1H3,(H,22,25). The van der Waals surface area contributed by atoms with Crippen LogP contribution in [0.3, 0.4) is 0 Å². The molecule has 28 heavy (non-hydrogen) atoms. The van der Waals surface area contributed by atoms with Gasteiger partial charge in [-0.25, -0.2) is 0 Å². The number of benzene rings is 1. The molecule has 146 valence electrons. The predicted octanol–water partition coefficient (Wildman–Crippen LogP) is 2.02. The van der Waals surface area contributed by atoms with Crippen LogP contribution in [-0.2, 0) is 23.9 Å². The van der Waals surface area contributed by atoms with Gasteiger partial charge in [0.05, 0.1) is 11.8 Å². The fourth-order valence-corrected chi connectivity index (χ4v) is 4.44. The maximum Gasteiger partial charge on any atom is 0.326 e. The number of fused-ring (bicyclic) bond motifs is 5. The van der Waals surface area contributed by atoms with Crippen molar-refractivity contribution >= 4 is 41.0 Å². The van der Waals surface area contributed by atoms with Gasteiger partial charge in [0.15, 0.2) is 6.10 Å². The lowest BCUT2D eigenvalue weighted by Gasteiger charge is -2.18. The number of imide groups is 1. The minimum Gasteiger partial charge on any atom is -0.451 e. The monoisotopic (exact) mass is 402 g/mol. The van der Waals surface area contributed by atoms with Gasteiger partial charge in [0.25, 0.3) is 5.91 Å². The summed E-state index contributed by atoms with van der Waals surface area (Å²) < 4.78 is 5.12. The molecule has 3 amide bonds. The second-order valence-electron chi connectivity index (χ2n) is 7.39. The highest BCUT2D eigenvalue weighted by molar-refractivity contribution is 6.30. The first-order valence-corrected chi connectivity index (χ1v) is 9.52. The van der Waals surface area contributed by atoms with E-state index in [0.29, 0.717) is 10.7 Å². The number of halogens is 1. The Morgan fingerprint density at radius 3 is 2.29 bits per heavy atom. The minimum atomic E-state index is -1.08. The van der Waals surface area contributed by atoms with E-state index in [1.165, 1.54) is 6.92 Å². The lowest BCUT2D eigenvalue weighted by atomic mass is 9.85. The number of amides is 3. The Balaban J connectivity index is 1.33. The summed E-state index contributed by atoms with van der Waals surface area (Å²) in [6, 6.07) is 6.49. The molecule has 8 heteroatoms. The minimum absolute atomic E-state index is 0.0801. The molecule has 0 spiro atoms. The van der Waals surface area contributed by atoms with Gasteiger partial charge in [-0.1, -0.05) is 23.8 Å². The number of hydrogen-bond acceptors (Lipinski definition) is 5. The summed E-state index contributed by atoms with van der Waals surface area (Å²) >= 11 is 5.80. The summed E-state index contributed by atoms with van der Waals surface area (Å²) in [5.41, 5.74) is 0.512. The molecular weight excluding hydrogens is 384 g/mol. The summed E-state index contributed by atoms with van der Waals surface area (Å²) in [5, 5.41) is 3.14. The Labute approximate surface area is 166 Å². The van der Waals surface area contributed by atoms with E-state index in [0.717, 1.165) is 11.3 Å². The second kappa shape index (κ2) is 7.05. The van der Waals surface area contributed by atoms with Gasteiger partial charge in [0, 0.05) is 10.7 Å². The average molecular weight is 403 g/mol. The molecule has 2 bridgehead atoms. The van der Waals surface area contributed by atoms with Crippen LogP contribution in [0.1, 0.15) is 13.3 Å². The molecule has 2 fully saturated rings. The van der Waals surface area contributed by atoms with Gasteiger partial charge in [-0.2, -0.15) is 0 Å². The van der Waals surface area contributed by atoms with Crippen molar-refractivity contribution in [3.63, 3.8) is 0 Å². The molecule has 3 aliphatic rings. The van der Waals surface area contributed by atoms with Crippen LogP contribution in [0.5, 0.6) is 0 Å². The zero-order valence-electron chi connectivity index (χ0n) is 15.1. The normalized spacial score (nSPS) is 28.4. The van der Waals surface area contributed by atoms with Crippen molar-refractivity contribution in [2.75, 3.05) is 11.9 Å². The van der Waals surface area contributed by atoms with Crippen LogP contribution >= 0.6 is 11.6 Å². The Morgan fingerprint density at radius 1 is 1.14 bits per heavy atom. The summed E-state index contributed by atoms with van der Waals surface area (Å²) in [5.74, 6) is -2.51. The van der Waals surface area contributed by atoms with Gasteiger partial charge in [-0.3, -0.25) is 24.1 Å². The summed E-state index contributed by atoms with van der Waals surface area (Å²) in [7, 11) is 0. The Morgan fingerprint density at radius 2 is 1.71 bits per heavy atom.